The Bertz CT molecular complexity index is 1090. The molecule has 1 saturated heterocycles. The summed E-state index contributed by atoms with van der Waals surface area (Å²) in [5, 5.41) is 4.70. The summed E-state index contributed by atoms with van der Waals surface area (Å²) in [6, 6.07) is 13.1. The van der Waals surface area contributed by atoms with Crippen LogP contribution in [0.1, 0.15) is 28.9 Å². The Morgan fingerprint density at radius 1 is 1.07 bits per heavy atom. The lowest BCUT2D eigenvalue weighted by atomic mass is 10.2. The highest BCUT2D eigenvalue weighted by atomic mass is 32.2. The fourth-order valence-corrected chi connectivity index (χ4v) is 5.22. The van der Waals surface area contributed by atoms with E-state index in [9.17, 15) is 13.2 Å². The van der Waals surface area contributed by atoms with Gasteiger partial charge in [0.25, 0.3) is 5.91 Å². The normalized spacial score (nSPS) is 14.5. The minimum absolute atomic E-state index is 0.240. The standard InChI is InChI=1S/C21H21N3O4S2/c25-21(16-3-7-19(8-4-16)28-13-18-14-29-15-22-18)23-17-5-9-20(10-6-17)30(26,27)24-11-1-2-12-24/h3-10,14-15H,1-2,11-13H2,(H,23,25). The maximum Gasteiger partial charge on any atom is 0.255 e. The predicted molar refractivity (Wildman–Crippen MR) is 115 cm³/mol. The van der Waals surface area contributed by atoms with Crippen LogP contribution in [0.5, 0.6) is 5.75 Å². The summed E-state index contributed by atoms with van der Waals surface area (Å²) in [6.45, 7) is 1.50. The molecule has 2 heterocycles. The molecule has 3 aromatic rings. The third-order valence-electron chi connectivity index (χ3n) is 4.80. The van der Waals surface area contributed by atoms with Crippen molar-refractivity contribution in [3.05, 3.63) is 70.7 Å². The van der Waals surface area contributed by atoms with E-state index in [0.29, 0.717) is 36.7 Å². The van der Waals surface area contributed by atoms with Gasteiger partial charge in [0.05, 0.1) is 16.1 Å². The van der Waals surface area contributed by atoms with Gasteiger partial charge in [-0.1, -0.05) is 0 Å². The van der Waals surface area contributed by atoms with E-state index in [-0.39, 0.29) is 10.8 Å². The van der Waals surface area contributed by atoms with E-state index in [1.807, 2.05) is 5.38 Å². The molecule has 0 atom stereocenters. The highest BCUT2D eigenvalue weighted by Crippen LogP contribution is 2.22. The van der Waals surface area contributed by atoms with Crippen molar-refractivity contribution < 1.29 is 17.9 Å². The van der Waals surface area contributed by atoms with Gasteiger partial charge in [0.2, 0.25) is 10.0 Å². The lowest BCUT2D eigenvalue weighted by Crippen LogP contribution is -2.27. The summed E-state index contributed by atoms with van der Waals surface area (Å²) in [4.78, 5) is 16.9. The van der Waals surface area contributed by atoms with E-state index in [1.165, 1.54) is 27.8 Å². The quantitative estimate of drug-likeness (QED) is 0.601. The van der Waals surface area contributed by atoms with Crippen molar-refractivity contribution in [3.63, 3.8) is 0 Å². The minimum Gasteiger partial charge on any atom is -0.487 e. The number of nitrogens with one attached hydrogen (secondary N) is 1. The molecule has 30 heavy (non-hydrogen) atoms. The van der Waals surface area contributed by atoms with Gasteiger partial charge in [-0.25, -0.2) is 13.4 Å². The Balaban J connectivity index is 1.36. The van der Waals surface area contributed by atoms with Crippen LogP contribution in [0.25, 0.3) is 0 Å². The van der Waals surface area contributed by atoms with Gasteiger partial charge in [0.15, 0.2) is 0 Å². The first-order chi connectivity index (χ1) is 14.5. The molecule has 0 radical (unpaired) electrons. The summed E-state index contributed by atoms with van der Waals surface area (Å²) in [5.41, 5.74) is 3.62. The number of hydrogen-bond acceptors (Lipinski definition) is 6. The van der Waals surface area contributed by atoms with E-state index >= 15 is 0 Å². The van der Waals surface area contributed by atoms with E-state index in [0.717, 1.165) is 18.5 Å². The van der Waals surface area contributed by atoms with Crippen molar-refractivity contribution in [2.45, 2.75) is 24.3 Å². The van der Waals surface area contributed by atoms with Gasteiger partial charge >= 0.3 is 0 Å². The second-order valence-corrected chi connectivity index (χ2v) is 9.54. The minimum atomic E-state index is -3.46. The van der Waals surface area contributed by atoms with Gasteiger partial charge in [-0.3, -0.25) is 4.79 Å². The number of rotatable bonds is 7. The van der Waals surface area contributed by atoms with E-state index in [1.54, 1.807) is 41.9 Å². The molecule has 2 aromatic carbocycles. The van der Waals surface area contributed by atoms with Gasteiger partial charge in [-0.15, -0.1) is 11.3 Å². The van der Waals surface area contributed by atoms with Gasteiger partial charge in [0, 0.05) is 29.7 Å². The maximum atomic E-state index is 12.6. The number of amides is 1. The van der Waals surface area contributed by atoms with Crippen LogP contribution < -0.4 is 10.1 Å². The molecule has 4 rings (SSSR count). The third-order valence-corrected chi connectivity index (χ3v) is 7.35. The van der Waals surface area contributed by atoms with Gasteiger partial charge in [-0.2, -0.15) is 4.31 Å². The largest absolute Gasteiger partial charge is 0.487 e. The first-order valence-electron chi connectivity index (χ1n) is 9.54. The number of aromatic nitrogens is 1. The van der Waals surface area contributed by atoms with Crippen LogP contribution in [0, 0.1) is 0 Å². The van der Waals surface area contributed by atoms with Crippen LogP contribution in [0.15, 0.2) is 64.3 Å². The SMILES string of the molecule is O=C(Nc1ccc(S(=O)(=O)N2CCCC2)cc1)c1ccc(OCc2cscn2)cc1. The number of carbonyl (C=O) groups is 1. The van der Waals surface area contributed by atoms with Crippen LogP contribution in [0.4, 0.5) is 5.69 Å². The number of anilines is 1. The number of thiazole rings is 1. The molecule has 0 aliphatic carbocycles. The molecule has 1 fully saturated rings. The zero-order valence-electron chi connectivity index (χ0n) is 16.2. The lowest BCUT2D eigenvalue weighted by Gasteiger charge is -2.15. The van der Waals surface area contributed by atoms with E-state index in [2.05, 4.69) is 10.3 Å². The summed E-state index contributed by atoms with van der Waals surface area (Å²) in [5.74, 6) is 0.368. The summed E-state index contributed by atoms with van der Waals surface area (Å²) < 4.78 is 32.3. The molecule has 1 aromatic heterocycles. The molecule has 1 aliphatic rings. The molecule has 1 amide bonds. The molecule has 156 valence electrons. The Kier molecular flexibility index (Phi) is 6.12. The number of ether oxygens (including phenoxy) is 1. The van der Waals surface area contributed by atoms with Crippen molar-refractivity contribution >= 4 is 33.0 Å². The Morgan fingerprint density at radius 2 is 1.77 bits per heavy atom. The van der Waals surface area contributed by atoms with Crippen LogP contribution in [-0.2, 0) is 16.6 Å². The van der Waals surface area contributed by atoms with Crippen LogP contribution >= 0.6 is 11.3 Å². The average molecular weight is 444 g/mol. The molecule has 1 aliphatic heterocycles. The summed E-state index contributed by atoms with van der Waals surface area (Å²) in [7, 11) is -3.46. The molecular formula is C21H21N3O4S2. The topological polar surface area (TPSA) is 88.6 Å². The lowest BCUT2D eigenvalue weighted by molar-refractivity contribution is 0.102. The Morgan fingerprint density at radius 3 is 2.40 bits per heavy atom. The van der Waals surface area contributed by atoms with Gasteiger partial charge < -0.3 is 10.1 Å². The van der Waals surface area contributed by atoms with Gasteiger partial charge in [-0.05, 0) is 61.4 Å². The maximum absolute atomic E-state index is 12.6. The monoisotopic (exact) mass is 443 g/mol. The molecule has 7 nitrogen and oxygen atoms in total. The zero-order chi connectivity index (χ0) is 21.0. The second kappa shape index (κ2) is 8.95. The zero-order valence-corrected chi connectivity index (χ0v) is 17.8. The number of benzene rings is 2. The molecular weight excluding hydrogens is 422 g/mol. The fourth-order valence-electron chi connectivity index (χ4n) is 3.16. The van der Waals surface area contributed by atoms with E-state index in [4.69, 9.17) is 4.74 Å². The van der Waals surface area contributed by atoms with Crippen LogP contribution in [0.2, 0.25) is 0 Å². The molecule has 0 unspecified atom stereocenters. The first-order valence-corrected chi connectivity index (χ1v) is 11.9. The van der Waals surface area contributed by atoms with Crippen molar-refractivity contribution in [1.82, 2.24) is 9.29 Å². The molecule has 1 N–H and O–H groups in total. The molecule has 0 spiro atoms. The summed E-state index contributed by atoms with van der Waals surface area (Å²) in [6.07, 6.45) is 1.78. The van der Waals surface area contributed by atoms with Crippen molar-refractivity contribution in [1.29, 1.82) is 0 Å². The fraction of sp³-hybridized carbons (Fsp3) is 0.238. The molecule has 0 bridgehead atoms. The molecule has 0 saturated carbocycles. The summed E-state index contributed by atoms with van der Waals surface area (Å²) >= 11 is 1.51. The average Bonchev–Trinajstić information content (AvgIpc) is 3.47. The highest BCUT2D eigenvalue weighted by Gasteiger charge is 2.26. The molecule has 9 heteroatoms. The number of carbonyl (C=O) groups excluding carboxylic acids is 1. The second-order valence-electron chi connectivity index (χ2n) is 6.88. The van der Waals surface area contributed by atoms with Crippen molar-refractivity contribution in [2.24, 2.45) is 0 Å². The number of sulfonamides is 1. The van der Waals surface area contributed by atoms with E-state index < -0.39 is 10.0 Å². The smallest absolute Gasteiger partial charge is 0.255 e. The van der Waals surface area contributed by atoms with Crippen LogP contribution in [0.3, 0.4) is 0 Å². The number of nitrogens with zero attached hydrogens (tertiary/aromatic N) is 2. The van der Waals surface area contributed by atoms with Crippen molar-refractivity contribution in [3.8, 4) is 5.75 Å². The predicted octanol–water partition coefficient (Wildman–Crippen LogP) is 3.76. The van der Waals surface area contributed by atoms with Crippen molar-refractivity contribution in [2.75, 3.05) is 18.4 Å². The Hall–Kier alpha value is -2.75. The first kappa shape index (κ1) is 20.5. The third kappa shape index (κ3) is 4.69. The Labute approximate surface area is 179 Å². The highest BCUT2D eigenvalue weighted by molar-refractivity contribution is 7.89. The van der Waals surface area contributed by atoms with Crippen LogP contribution in [-0.4, -0.2) is 36.7 Å². The van der Waals surface area contributed by atoms with Gasteiger partial charge in [0.1, 0.15) is 12.4 Å². The number of hydrogen-bond donors (Lipinski definition) is 1.